The topological polar surface area (TPSA) is 78.6 Å². The first-order valence-electron chi connectivity index (χ1n) is 12.6. The third-order valence-corrected chi connectivity index (χ3v) is 8.14. The van der Waals surface area contributed by atoms with Crippen molar-refractivity contribution in [3.05, 3.63) is 91.4 Å². The molecule has 1 saturated heterocycles. The first-order valence-corrected chi connectivity index (χ1v) is 13.8. The Morgan fingerprint density at radius 2 is 1.69 bits per heavy atom. The minimum absolute atomic E-state index is 0.0503. The molecule has 2 aromatic carbocycles. The van der Waals surface area contributed by atoms with Crippen molar-refractivity contribution in [1.29, 1.82) is 0 Å². The zero-order chi connectivity index (χ0) is 28.4. The molecule has 1 aliphatic heterocycles. The zero-order valence-electron chi connectivity index (χ0n) is 21.4. The van der Waals surface area contributed by atoms with E-state index in [4.69, 9.17) is 73.6 Å². The lowest BCUT2D eigenvalue weighted by molar-refractivity contribution is -0.127. The van der Waals surface area contributed by atoms with E-state index in [0.29, 0.717) is 36.7 Å². The SMILES string of the molecule is [2H]CC[C@]1(O)C(n2ccc3c(Cl)ncnc32)O[C@H](COCc2ccc(Cl)cc2Cl)[C@H]1OCc1ccc(Cl)cc1Cl. The quantitative estimate of drug-likeness (QED) is 0.192. The number of rotatable bonds is 9. The number of ether oxygens (including phenoxy) is 3. The molecular formula is C27H24Cl5N3O4. The molecule has 2 aromatic heterocycles. The molecule has 1 N–H and O–H groups in total. The number of fused-ring (bicyclic) bond motifs is 1. The second-order valence-electron chi connectivity index (χ2n) is 9.11. The van der Waals surface area contributed by atoms with Crippen LogP contribution in [0.2, 0.25) is 25.2 Å². The van der Waals surface area contributed by atoms with Crippen molar-refractivity contribution < 1.29 is 20.7 Å². The van der Waals surface area contributed by atoms with E-state index in [1.807, 2.05) is 0 Å². The van der Waals surface area contributed by atoms with Gasteiger partial charge in [-0.3, -0.25) is 0 Å². The van der Waals surface area contributed by atoms with Crippen LogP contribution in [0.5, 0.6) is 0 Å². The third kappa shape index (κ3) is 5.89. The normalized spacial score (nSPS) is 23.4. The fourth-order valence-corrected chi connectivity index (χ4v) is 5.76. The number of aromatic nitrogens is 3. The number of nitrogens with zero attached hydrogens (tertiary/aromatic N) is 3. The van der Waals surface area contributed by atoms with E-state index in [9.17, 15) is 5.11 Å². The van der Waals surface area contributed by atoms with Gasteiger partial charge in [0.2, 0.25) is 0 Å². The Hall–Kier alpha value is -1.65. The molecule has 0 bridgehead atoms. The number of benzene rings is 2. The predicted molar refractivity (Wildman–Crippen MR) is 153 cm³/mol. The Morgan fingerprint density at radius 3 is 2.36 bits per heavy atom. The van der Waals surface area contributed by atoms with Crippen LogP contribution in [-0.4, -0.2) is 44.1 Å². The summed E-state index contributed by atoms with van der Waals surface area (Å²) in [6.45, 7) is 0.226. The first-order chi connectivity index (χ1) is 19.2. The monoisotopic (exact) mass is 630 g/mol. The smallest absolute Gasteiger partial charge is 0.167 e. The van der Waals surface area contributed by atoms with E-state index in [1.165, 1.54) is 6.33 Å². The van der Waals surface area contributed by atoms with Crippen LogP contribution in [0.25, 0.3) is 11.0 Å². The lowest BCUT2D eigenvalue weighted by atomic mass is 9.91. The minimum atomic E-state index is -1.63. The van der Waals surface area contributed by atoms with Crippen LogP contribution < -0.4 is 0 Å². The molecule has 12 heteroatoms. The molecule has 0 amide bonds. The minimum Gasteiger partial charge on any atom is -0.382 e. The number of hydrogen-bond donors (Lipinski definition) is 1. The largest absolute Gasteiger partial charge is 0.382 e. The van der Waals surface area contributed by atoms with Crippen molar-refractivity contribution in [2.45, 2.75) is 50.6 Å². The molecule has 1 aliphatic rings. The maximum Gasteiger partial charge on any atom is 0.167 e. The van der Waals surface area contributed by atoms with Crippen LogP contribution in [0.15, 0.2) is 55.0 Å². The van der Waals surface area contributed by atoms with E-state index in [1.54, 1.807) is 53.2 Å². The molecule has 0 spiro atoms. The van der Waals surface area contributed by atoms with Gasteiger partial charge >= 0.3 is 0 Å². The molecule has 206 valence electrons. The van der Waals surface area contributed by atoms with Crippen molar-refractivity contribution in [1.82, 2.24) is 14.5 Å². The van der Waals surface area contributed by atoms with Crippen molar-refractivity contribution in [2.75, 3.05) is 6.61 Å². The first kappa shape index (κ1) is 27.5. The molecule has 5 rings (SSSR count). The third-order valence-electron chi connectivity index (χ3n) is 6.66. The Balaban J connectivity index is 1.45. The maximum absolute atomic E-state index is 12.2. The van der Waals surface area contributed by atoms with E-state index in [2.05, 4.69) is 9.97 Å². The van der Waals surface area contributed by atoms with Crippen LogP contribution >= 0.6 is 58.0 Å². The maximum atomic E-state index is 12.2. The molecule has 4 atom stereocenters. The van der Waals surface area contributed by atoms with E-state index in [-0.39, 0.29) is 38.3 Å². The molecule has 4 aromatic rings. The summed E-state index contributed by atoms with van der Waals surface area (Å²) in [7, 11) is 0. The van der Waals surface area contributed by atoms with E-state index >= 15 is 0 Å². The van der Waals surface area contributed by atoms with Gasteiger partial charge < -0.3 is 23.9 Å². The molecule has 1 fully saturated rings. The Bertz CT molecular complexity index is 1510. The van der Waals surface area contributed by atoms with Gasteiger partial charge in [-0.15, -0.1) is 0 Å². The summed E-state index contributed by atoms with van der Waals surface area (Å²) in [6, 6.07) is 12.0. The molecular weight excluding hydrogens is 608 g/mol. The van der Waals surface area contributed by atoms with Crippen LogP contribution in [0.1, 0.15) is 32.0 Å². The number of aliphatic hydroxyl groups is 1. The van der Waals surface area contributed by atoms with Crippen molar-refractivity contribution in [3.63, 3.8) is 0 Å². The average molecular weight is 633 g/mol. The fraction of sp³-hybridized carbons (Fsp3) is 0.333. The van der Waals surface area contributed by atoms with Gasteiger partial charge in [-0.25, -0.2) is 9.97 Å². The van der Waals surface area contributed by atoms with Crippen molar-refractivity contribution >= 4 is 69.0 Å². The van der Waals surface area contributed by atoms with Gasteiger partial charge in [0.1, 0.15) is 34.9 Å². The lowest BCUT2D eigenvalue weighted by Gasteiger charge is -2.33. The van der Waals surface area contributed by atoms with Crippen LogP contribution in [0.3, 0.4) is 0 Å². The van der Waals surface area contributed by atoms with Crippen LogP contribution in [-0.2, 0) is 27.4 Å². The van der Waals surface area contributed by atoms with Gasteiger partial charge in [0.05, 0.1) is 25.2 Å². The van der Waals surface area contributed by atoms with Gasteiger partial charge in [0.15, 0.2) is 6.23 Å². The van der Waals surface area contributed by atoms with Gasteiger partial charge in [0, 0.05) is 27.7 Å². The van der Waals surface area contributed by atoms with Gasteiger partial charge in [-0.2, -0.15) is 0 Å². The Labute approximate surface area is 251 Å². The van der Waals surface area contributed by atoms with Gasteiger partial charge in [-0.05, 0) is 47.9 Å². The van der Waals surface area contributed by atoms with E-state index < -0.39 is 24.0 Å². The predicted octanol–water partition coefficient (Wildman–Crippen LogP) is 7.54. The summed E-state index contributed by atoms with van der Waals surface area (Å²) < 4.78 is 28.4. The summed E-state index contributed by atoms with van der Waals surface area (Å²) in [6.07, 6.45) is 0.522. The van der Waals surface area contributed by atoms with E-state index in [0.717, 1.165) is 5.56 Å². The molecule has 3 heterocycles. The van der Waals surface area contributed by atoms with Crippen molar-refractivity contribution in [2.24, 2.45) is 0 Å². The highest BCUT2D eigenvalue weighted by Crippen LogP contribution is 2.44. The summed E-state index contributed by atoms with van der Waals surface area (Å²) in [5, 5.41) is 15.0. The van der Waals surface area contributed by atoms with Crippen molar-refractivity contribution in [3.8, 4) is 0 Å². The Morgan fingerprint density at radius 1 is 1.00 bits per heavy atom. The molecule has 0 radical (unpaired) electrons. The van der Waals surface area contributed by atoms with Gasteiger partial charge in [0.25, 0.3) is 0 Å². The molecule has 0 aliphatic carbocycles. The highest BCUT2D eigenvalue weighted by Gasteiger charge is 2.56. The molecule has 39 heavy (non-hydrogen) atoms. The Kier molecular flexibility index (Phi) is 8.51. The highest BCUT2D eigenvalue weighted by atomic mass is 35.5. The molecule has 1 unspecified atom stereocenters. The summed E-state index contributed by atoms with van der Waals surface area (Å²) in [5.74, 6) is 0. The second-order valence-corrected chi connectivity index (χ2v) is 11.2. The summed E-state index contributed by atoms with van der Waals surface area (Å²) in [5.41, 5.74) is 0.273. The fourth-order valence-electron chi connectivity index (χ4n) is 4.64. The molecule has 7 nitrogen and oxygen atoms in total. The van der Waals surface area contributed by atoms with Gasteiger partial charge in [-0.1, -0.05) is 77.0 Å². The second kappa shape index (κ2) is 12.1. The molecule has 0 saturated carbocycles. The highest BCUT2D eigenvalue weighted by molar-refractivity contribution is 6.35. The number of hydrogen-bond acceptors (Lipinski definition) is 6. The van der Waals surface area contributed by atoms with Crippen LogP contribution in [0, 0.1) is 0 Å². The standard InChI is InChI=1S/C27H24Cl5N3O4/c1-2-27(36)23(38-12-16-4-6-18(29)10-21(16)31)22(13-37-11-15-3-5-17(28)9-20(15)30)39-26(27)35-8-7-19-24(32)33-14-34-25(19)35/h3-10,14,22-23,26,36H,2,11-13H2,1H3/t22-,23-,26?,27-/m1/s1/i1D. The number of halogens is 5. The zero-order valence-corrected chi connectivity index (χ0v) is 24.1. The summed E-state index contributed by atoms with van der Waals surface area (Å²) in [4.78, 5) is 8.39. The average Bonchev–Trinajstić information content (AvgIpc) is 3.44. The summed E-state index contributed by atoms with van der Waals surface area (Å²) >= 11 is 31.0. The van der Waals surface area contributed by atoms with Crippen LogP contribution in [0.4, 0.5) is 0 Å². The lowest BCUT2D eigenvalue weighted by Crippen LogP contribution is -2.48.